The highest BCUT2D eigenvalue weighted by atomic mass is 35.5. The molecule has 1 unspecified atom stereocenters. The summed E-state index contributed by atoms with van der Waals surface area (Å²) in [6.45, 7) is 2.75. The van der Waals surface area contributed by atoms with Crippen molar-refractivity contribution in [2.45, 2.75) is 19.4 Å². The Hall–Kier alpha value is -2.44. The van der Waals surface area contributed by atoms with Gasteiger partial charge in [-0.15, -0.1) is 0 Å². The van der Waals surface area contributed by atoms with Crippen LogP contribution in [0.3, 0.4) is 0 Å². The number of aliphatic hydroxyl groups is 1. The van der Waals surface area contributed by atoms with E-state index in [-0.39, 0.29) is 0 Å². The zero-order valence-corrected chi connectivity index (χ0v) is 14.5. The van der Waals surface area contributed by atoms with Crippen LogP contribution in [0.1, 0.15) is 25.0 Å². The van der Waals surface area contributed by atoms with E-state index in [4.69, 9.17) is 21.1 Å². The number of benzene rings is 2. The van der Waals surface area contributed by atoms with Crippen molar-refractivity contribution in [3.05, 3.63) is 47.0 Å². The molecule has 0 aliphatic carbocycles. The van der Waals surface area contributed by atoms with Gasteiger partial charge in [-0.05, 0) is 30.7 Å². The van der Waals surface area contributed by atoms with Crippen molar-refractivity contribution in [3.8, 4) is 11.5 Å². The van der Waals surface area contributed by atoms with Crippen LogP contribution < -0.4 is 20.1 Å². The van der Waals surface area contributed by atoms with Crippen molar-refractivity contribution in [2.75, 3.05) is 23.8 Å². The van der Waals surface area contributed by atoms with Gasteiger partial charge >= 0.3 is 6.03 Å². The summed E-state index contributed by atoms with van der Waals surface area (Å²) in [5.74, 6) is 1.10. The molecule has 25 heavy (non-hydrogen) atoms. The van der Waals surface area contributed by atoms with Gasteiger partial charge in [0.1, 0.15) is 13.2 Å². The van der Waals surface area contributed by atoms with Crippen LogP contribution in [0.2, 0.25) is 5.02 Å². The molecule has 0 bridgehead atoms. The molecule has 1 aliphatic heterocycles. The van der Waals surface area contributed by atoms with Gasteiger partial charge in [-0.1, -0.05) is 24.6 Å². The highest BCUT2D eigenvalue weighted by Gasteiger charge is 2.20. The van der Waals surface area contributed by atoms with Crippen molar-refractivity contribution in [1.82, 2.24) is 0 Å². The SMILES string of the molecule is CCC(O)c1cc2c(cc1NC(=O)Nc1cccc(Cl)c1)OCCO2. The lowest BCUT2D eigenvalue weighted by Gasteiger charge is -2.23. The molecule has 3 rings (SSSR count). The second kappa shape index (κ2) is 7.63. The van der Waals surface area contributed by atoms with Crippen LogP contribution >= 0.6 is 11.6 Å². The van der Waals surface area contributed by atoms with E-state index >= 15 is 0 Å². The smallest absolute Gasteiger partial charge is 0.323 e. The monoisotopic (exact) mass is 362 g/mol. The number of hydrogen-bond acceptors (Lipinski definition) is 4. The van der Waals surface area contributed by atoms with E-state index in [1.54, 1.807) is 36.4 Å². The van der Waals surface area contributed by atoms with Gasteiger partial charge in [0.05, 0.1) is 11.8 Å². The van der Waals surface area contributed by atoms with Crippen LogP contribution in [0.4, 0.5) is 16.2 Å². The summed E-state index contributed by atoms with van der Waals surface area (Å²) in [6.07, 6.45) is -0.221. The number of carbonyl (C=O) groups is 1. The third-order valence-corrected chi connectivity index (χ3v) is 4.03. The number of anilines is 2. The summed E-state index contributed by atoms with van der Waals surface area (Å²) < 4.78 is 11.1. The first-order valence-electron chi connectivity index (χ1n) is 8.02. The topological polar surface area (TPSA) is 79.8 Å². The highest BCUT2D eigenvalue weighted by Crippen LogP contribution is 2.38. The summed E-state index contributed by atoms with van der Waals surface area (Å²) in [5, 5.41) is 16.3. The fraction of sp³-hybridized carbons (Fsp3) is 0.278. The first-order chi connectivity index (χ1) is 12.1. The summed E-state index contributed by atoms with van der Waals surface area (Å²) in [4.78, 5) is 12.3. The number of amides is 2. The molecule has 1 atom stereocenters. The minimum Gasteiger partial charge on any atom is -0.486 e. The van der Waals surface area contributed by atoms with E-state index in [9.17, 15) is 9.90 Å². The number of carbonyl (C=O) groups excluding carboxylic acids is 1. The molecule has 2 aromatic rings. The lowest BCUT2D eigenvalue weighted by molar-refractivity contribution is 0.163. The zero-order chi connectivity index (χ0) is 17.8. The molecule has 0 saturated carbocycles. The molecule has 132 valence electrons. The van der Waals surface area contributed by atoms with Crippen LogP contribution in [0.5, 0.6) is 11.5 Å². The minimum absolute atomic E-state index is 0.441. The first-order valence-corrected chi connectivity index (χ1v) is 8.39. The Morgan fingerprint density at radius 1 is 1.20 bits per heavy atom. The Morgan fingerprint density at radius 2 is 1.92 bits per heavy atom. The van der Waals surface area contributed by atoms with Gasteiger partial charge in [0, 0.05) is 22.3 Å². The highest BCUT2D eigenvalue weighted by molar-refractivity contribution is 6.30. The first kappa shape index (κ1) is 17.4. The molecule has 2 amide bonds. The molecule has 0 spiro atoms. The maximum Gasteiger partial charge on any atom is 0.323 e. The van der Waals surface area contributed by atoms with E-state index < -0.39 is 12.1 Å². The van der Waals surface area contributed by atoms with Crippen LogP contribution in [-0.2, 0) is 0 Å². The third-order valence-electron chi connectivity index (χ3n) is 3.79. The van der Waals surface area contributed by atoms with Crippen molar-refractivity contribution in [1.29, 1.82) is 0 Å². The molecule has 7 heteroatoms. The Labute approximate surface area is 150 Å². The standard InChI is InChI=1S/C18H19ClN2O4/c1-2-15(22)13-9-16-17(25-7-6-24-16)10-14(13)21-18(23)20-12-5-3-4-11(19)8-12/h3-5,8-10,15,22H,2,6-7H2,1H3,(H2,20,21,23). The Balaban J connectivity index is 1.83. The van der Waals surface area contributed by atoms with Crippen LogP contribution in [0, 0.1) is 0 Å². The molecule has 3 N–H and O–H groups in total. The number of aliphatic hydroxyl groups excluding tert-OH is 1. The summed E-state index contributed by atoms with van der Waals surface area (Å²) in [6, 6.07) is 9.78. The van der Waals surface area contributed by atoms with Gasteiger partial charge in [-0.2, -0.15) is 0 Å². The molecule has 0 aromatic heterocycles. The maximum atomic E-state index is 12.3. The fourth-order valence-electron chi connectivity index (χ4n) is 2.56. The predicted octanol–water partition coefficient (Wildman–Crippen LogP) is 4.20. The molecule has 2 aromatic carbocycles. The van der Waals surface area contributed by atoms with Crippen molar-refractivity contribution in [3.63, 3.8) is 0 Å². The van der Waals surface area contributed by atoms with E-state index in [1.807, 2.05) is 6.92 Å². The lowest BCUT2D eigenvalue weighted by atomic mass is 10.0. The number of nitrogens with one attached hydrogen (secondary N) is 2. The number of ether oxygens (including phenoxy) is 2. The van der Waals surface area contributed by atoms with Crippen molar-refractivity contribution < 1.29 is 19.4 Å². The predicted molar refractivity (Wildman–Crippen MR) is 96.8 cm³/mol. The molecule has 0 saturated heterocycles. The van der Waals surface area contributed by atoms with Gasteiger partial charge in [-0.25, -0.2) is 4.79 Å². The molecular formula is C18H19ClN2O4. The fourth-order valence-corrected chi connectivity index (χ4v) is 2.75. The van der Waals surface area contributed by atoms with Crippen LogP contribution in [0.25, 0.3) is 0 Å². The Kier molecular flexibility index (Phi) is 5.31. The van der Waals surface area contributed by atoms with Gasteiger partial charge in [-0.3, -0.25) is 0 Å². The van der Waals surface area contributed by atoms with E-state index in [2.05, 4.69) is 10.6 Å². The van der Waals surface area contributed by atoms with Crippen molar-refractivity contribution in [2.24, 2.45) is 0 Å². The average Bonchev–Trinajstić information content (AvgIpc) is 2.60. The Bertz CT molecular complexity index is 782. The zero-order valence-electron chi connectivity index (χ0n) is 13.7. The Morgan fingerprint density at radius 3 is 2.60 bits per heavy atom. The summed E-state index contributed by atoms with van der Waals surface area (Å²) in [7, 11) is 0. The number of rotatable bonds is 4. The third kappa shape index (κ3) is 4.15. The summed E-state index contributed by atoms with van der Waals surface area (Å²) in [5.41, 5.74) is 1.62. The largest absolute Gasteiger partial charge is 0.486 e. The second-order valence-corrected chi connectivity index (χ2v) is 6.03. The van der Waals surface area contributed by atoms with E-state index in [0.29, 0.717) is 53.1 Å². The normalized spacial score (nSPS) is 13.9. The quantitative estimate of drug-likeness (QED) is 0.761. The number of hydrogen-bond donors (Lipinski definition) is 3. The number of halogens is 1. The van der Waals surface area contributed by atoms with Gasteiger partial charge in [0.2, 0.25) is 0 Å². The van der Waals surface area contributed by atoms with Gasteiger partial charge < -0.3 is 25.2 Å². The molecule has 0 radical (unpaired) electrons. The average molecular weight is 363 g/mol. The van der Waals surface area contributed by atoms with Crippen LogP contribution in [0.15, 0.2) is 36.4 Å². The van der Waals surface area contributed by atoms with Crippen LogP contribution in [-0.4, -0.2) is 24.4 Å². The van der Waals surface area contributed by atoms with Gasteiger partial charge in [0.25, 0.3) is 0 Å². The van der Waals surface area contributed by atoms with E-state index in [1.165, 1.54) is 0 Å². The molecular weight excluding hydrogens is 344 g/mol. The molecule has 6 nitrogen and oxygen atoms in total. The van der Waals surface area contributed by atoms with Crippen molar-refractivity contribution >= 4 is 29.0 Å². The molecule has 1 heterocycles. The molecule has 1 aliphatic rings. The van der Waals surface area contributed by atoms with Gasteiger partial charge in [0.15, 0.2) is 11.5 Å². The second-order valence-electron chi connectivity index (χ2n) is 5.60. The van der Waals surface area contributed by atoms with E-state index in [0.717, 1.165) is 0 Å². The number of urea groups is 1. The number of fused-ring (bicyclic) bond motifs is 1. The minimum atomic E-state index is -0.725. The maximum absolute atomic E-state index is 12.3. The summed E-state index contributed by atoms with van der Waals surface area (Å²) >= 11 is 5.92. The lowest BCUT2D eigenvalue weighted by Crippen LogP contribution is -2.22. The molecule has 0 fully saturated rings.